The van der Waals surface area contributed by atoms with Crippen molar-refractivity contribution in [3.05, 3.63) is 84.4 Å². The fourth-order valence-corrected chi connectivity index (χ4v) is 4.23. The average Bonchev–Trinajstić information content (AvgIpc) is 3.18. The zero-order valence-electron chi connectivity index (χ0n) is 18.6. The van der Waals surface area contributed by atoms with Gasteiger partial charge in [-0.05, 0) is 65.7 Å². The summed E-state index contributed by atoms with van der Waals surface area (Å²) in [5.74, 6) is 0.403. The molecule has 1 aliphatic rings. The molecule has 0 spiro atoms. The summed E-state index contributed by atoms with van der Waals surface area (Å²) >= 11 is 0.940. The molecule has 0 radical (unpaired) electrons. The van der Waals surface area contributed by atoms with Crippen LogP contribution < -0.4 is 20.7 Å². The normalized spacial score (nSPS) is 16.2. The van der Waals surface area contributed by atoms with E-state index >= 15 is 0 Å². The van der Waals surface area contributed by atoms with Gasteiger partial charge in [-0.2, -0.15) is 0 Å². The van der Waals surface area contributed by atoms with E-state index in [0.717, 1.165) is 46.3 Å². The van der Waals surface area contributed by atoms with Crippen LogP contribution in [0.15, 0.2) is 78.9 Å². The first-order valence-corrected chi connectivity index (χ1v) is 12.0. The van der Waals surface area contributed by atoms with Gasteiger partial charge in [-0.25, -0.2) is 0 Å². The van der Waals surface area contributed by atoms with Crippen LogP contribution in [0, 0.1) is 0 Å². The van der Waals surface area contributed by atoms with Crippen molar-refractivity contribution in [1.82, 2.24) is 10.6 Å². The second-order valence-electron chi connectivity index (χ2n) is 7.93. The number of aliphatic hydroxyl groups excluding tert-OH is 1. The van der Waals surface area contributed by atoms with E-state index in [4.69, 9.17) is 4.74 Å². The Morgan fingerprint density at radius 2 is 1.65 bits per heavy atom. The van der Waals surface area contributed by atoms with E-state index in [1.165, 1.54) is 0 Å². The molecule has 1 unspecified atom stereocenters. The Labute approximate surface area is 202 Å². The topological polar surface area (TPSA) is 99.7 Å². The van der Waals surface area contributed by atoms with Gasteiger partial charge in [0.25, 0.3) is 11.1 Å². The van der Waals surface area contributed by atoms with Crippen molar-refractivity contribution in [2.75, 3.05) is 25.0 Å². The number of anilines is 1. The van der Waals surface area contributed by atoms with Gasteiger partial charge in [-0.15, -0.1) is 0 Å². The number of hydrogen-bond donors (Lipinski definition) is 4. The number of imide groups is 1. The molecule has 4 rings (SSSR count). The highest BCUT2D eigenvalue weighted by Crippen LogP contribution is 2.23. The fourth-order valence-electron chi connectivity index (χ4n) is 3.50. The van der Waals surface area contributed by atoms with Gasteiger partial charge in [0.2, 0.25) is 0 Å². The maximum atomic E-state index is 11.6. The number of aliphatic hydroxyl groups is 1. The minimum atomic E-state index is -0.613. The number of hydrogen-bond acceptors (Lipinski definition) is 7. The first-order chi connectivity index (χ1) is 16.6. The van der Waals surface area contributed by atoms with Gasteiger partial charge in [0, 0.05) is 12.2 Å². The fraction of sp³-hybridized carbons (Fsp3) is 0.231. The van der Waals surface area contributed by atoms with Crippen molar-refractivity contribution in [2.45, 2.75) is 17.9 Å². The number of carbonyl (C=O) groups excluding carboxylic acids is 2. The lowest BCUT2D eigenvalue weighted by Crippen LogP contribution is -2.32. The van der Waals surface area contributed by atoms with Gasteiger partial charge in [0.1, 0.15) is 18.5 Å². The molecule has 0 aliphatic carbocycles. The zero-order valence-corrected chi connectivity index (χ0v) is 19.4. The van der Waals surface area contributed by atoms with Crippen LogP contribution in [0.25, 0.3) is 11.1 Å². The van der Waals surface area contributed by atoms with Gasteiger partial charge >= 0.3 is 0 Å². The molecule has 176 valence electrons. The Hall–Kier alpha value is -3.33. The van der Waals surface area contributed by atoms with E-state index in [-0.39, 0.29) is 17.8 Å². The number of ether oxygens (including phenoxy) is 1. The van der Waals surface area contributed by atoms with E-state index in [9.17, 15) is 14.7 Å². The second kappa shape index (κ2) is 11.7. The van der Waals surface area contributed by atoms with Gasteiger partial charge in [0.15, 0.2) is 5.37 Å². The zero-order chi connectivity index (χ0) is 23.8. The van der Waals surface area contributed by atoms with Gasteiger partial charge in [-0.3, -0.25) is 14.9 Å². The summed E-state index contributed by atoms with van der Waals surface area (Å²) < 4.78 is 5.71. The third kappa shape index (κ3) is 6.84. The van der Waals surface area contributed by atoms with Crippen molar-refractivity contribution in [2.24, 2.45) is 0 Å². The Bertz CT molecular complexity index is 1090. The summed E-state index contributed by atoms with van der Waals surface area (Å²) in [4.78, 5) is 22.9. The van der Waals surface area contributed by atoms with Crippen LogP contribution >= 0.6 is 11.8 Å². The van der Waals surface area contributed by atoms with Crippen LogP contribution in [0.3, 0.4) is 0 Å². The first kappa shape index (κ1) is 23.8. The Kier molecular flexibility index (Phi) is 8.19. The molecule has 1 aliphatic heterocycles. The molecule has 1 heterocycles. The molecule has 2 amide bonds. The van der Waals surface area contributed by atoms with Gasteiger partial charge in [-0.1, -0.05) is 54.6 Å². The molecular formula is C26H27N3O4S. The lowest BCUT2D eigenvalue weighted by molar-refractivity contribution is -0.118. The van der Waals surface area contributed by atoms with Crippen molar-refractivity contribution < 1.29 is 19.4 Å². The second-order valence-corrected chi connectivity index (χ2v) is 9.00. The van der Waals surface area contributed by atoms with Crippen LogP contribution in [0.1, 0.15) is 5.56 Å². The molecule has 2 atom stereocenters. The van der Waals surface area contributed by atoms with Crippen molar-refractivity contribution >= 4 is 28.6 Å². The van der Waals surface area contributed by atoms with E-state index < -0.39 is 11.5 Å². The summed E-state index contributed by atoms with van der Waals surface area (Å²) in [6, 6.07) is 25.7. The molecule has 7 nitrogen and oxygen atoms in total. The first-order valence-electron chi connectivity index (χ1n) is 11.1. The smallest absolute Gasteiger partial charge is 0.288 e. The maximum Gasteiger partial charge on any atom is 0.288 e. The number of nitrogens with one attached hydrogen (secondary N) is 3. The number of rotatable bonds is 11. The molecular weight excluding hydrogens is 450 g/mol. The minimum Gasteiger partial charge on any atom is -0.491 e. The Morgan fingerprint density at radius 3 is 2.32 bits per heavy atom. The summed E-state index contributed by atoms with van der Waals surface area (Å²) in [6.45, 7) is 1.36. The average molecular weight is 478 g/mol. The molecule has 0 bridgehead atoms. The highest BCUT2D eigenvalue weighted by Gasteiger charge is 2.31. The van der Waals surface area contributed by atoms with Crippen LogP contribution in [0.2, 0.25) is 0 Å². The third-order valence-electron chi connectivity index (χ3n) is 5.31. The minimum absolute atomic E-state index is 0.216. The highest BCUT2D eigenvalue weighted by molar-refractivity contribution is 8.15. The summed E-state index contributed by atoms with van der Waals surface area (Å²) in [5, 5.41) is 17.8. The Balaban J connectivity index is 1.12. The van der Waals surface area contributed by atoms with Gasteiger partial charge in [0.05, 0.1) is 0 Å². The van der Waals surface area contributed by atoms with Crippen LogP contribution in [0.4, 0.5) is 10.5 Å². The molecule has 34 heavy (non-hydrogen) atoms. The molecule has 1 fully saturated rings. The molecule has 3 aromatic carbocycles. The SMILES string of the molecule is O=C1NC(=O)C(Nc2ccc(CCNC[C@H](O)COc3ccc(-c4ccccc4)cc3)cc2)S1. The molecule has 1 saturated heterocycles. The molecule has 8 heteroatoms. The van der Waals surface area contributed by atoms with Crippen LogP contribution in [-0.2, 0) is 11.2 Å². The van der Waals surface area contributed by atoms with E-state index in [0.29, 0.717) is 13.1 Å². The third-order valence-corrected chi connectivity index (χ3v) is 6.20. The maximum absolute atomic E-state index is 11.6. The molecule has 0 saturated carbocycles. The summed E-state index contributed by atoms with van der Waals surface area (Å²) in [6.07, 6.45) is 0.185. The monoisotopic (exact) mass is 477 g/mol. The number of benzene rings is 3. The lowest BCUT2D eigenvalue weighted by atomic mass is 10.1. The molecule has 4 N–H and O–H groups in total. The standard InChI is InChI=1S/C26H27N3O4S/c30-22(17-33-23-12-8-20(9-13-23)19-4-2-1-3-5-19)16-27-15-14-18-6-10-21(11-7-18)28-25-24(31)29-26(32)34-25/h1-13,22,25,27-28,30H,14-17H2,(H,29,31,32)/t22-,25?/m0/s1. The Morgan fingerprint density at radius 1 is 0.941 bits per heavy atom. The predicted octanol–water partition coefficient (Wildman–Crippen LogP) is 3.65. The van der Waals surface area contributed by atoms with E-state index in [2.05, 4.69) is 28.1 Å². The van der Waals surface area contributed by atoms with Crippen molar-refractivity contribution in [3.8, 4) is 16.9 Å². The number of thioether (sulfide) groups is 1. The summed E-state index contributed by atoms with van der Waals surface area (Å²) in [7, 11) is 0. The van der Waals surface area contributed by atoms with Crippen molar-refractivity contribution in [1.29, 1.82) is 0 Å². The van der Waals surface area contributed by atoms with E-state index in [1.807, 2.05) is 66.7 Å². The van der Waals surface area contributed by atoms with E-state index in [1.54, 1.807) is 0 Å². The number of amides is 2. The number of carbonyl (C=O) groups is 2. The van der Waals surface area contributed by atoms with Crippen molar-refractivity contribution in [3.63, 3.8) is 0 Å². The molecule has 3 aromatic rings. The largest absolute Gasteiger partial charge is 0.491 e. The summed E-state index contributed by atoms with van der Waals surface area (Å²) in [5.41, 5.74) is 4.18. The molecule has 0 aromatic heterocycles. The highest BCUT2D eigenvalue weighted by atomic mass is 32.2. The van der Waals surface area contributed by atoms with Gasteiger partial charge < -0.3 is 20.5 Å². The van der Waals surface area contributed by atoms with Crippen LogP contribution in [-0.4, -0.2) is 47.4 Å². The predicted molar refractivity (Wildman–Crippen MR) is 135 cm³/mol. The quantitative estimate of drug-likeness (QED) is 0.313. The lowest BCUT2D eigenvalue weighted by Gasteiger charge is -2.14. The van der Waals surface area contributed by atoms with Crippen LogP contribution in [0.5, 0.6) is 5.75 Å².